The van der Waals surface area contributed by atoms with E-state index in [0.29, 0.717) is 10.7 Å². The van der Waals surface area contributed by atoms with Crippen LogP contribution in [0.15, 0.2) is 54.6 Å². The Morgan fingerprint density at radius 3 is 2.63 bits per heavy atom. The maximum atomic E-state index is 11.9. The lowest BCUT2D eigenvalue weighted by Gasteiger charge is -2.08. The Morgan fingerprint density at radius 2 is 1.78 bits per heavy atom. The van der Waals surface area contributed by atoms with E-state index >= 15 is 0 Å². The minimum atomic E-state index is -0.458. The number of hydrogen-bond acceptors (Lipinski definition) is 6. The van der Waals surface area contributed by atoms with Gasteiger partial charge in [-0.25, -0.2) is 14.8 Å². The van der Waals surface area contributed by atoms with Crippen molar-refractivity contribution >= 4 is 50.0 Å². The summed E-state index contributed by atoms with van der Waals surface area (Å²) in [7, 11) is 0. The fourth-order valence-electron chi connectivity index (χ4n) is 2.64. The lowest BCUT2D eigenvalue weighted by molar-refractivity contribution is -0.150. The number of pyridine rings is 1. The number of fused-ring (bicyclic) bond motifs is 2. The first kappa shape index (κ1) is 17.9. The monoisotopic (exact) mass is 398 g/mol. The van der Waals surface area contributed by atoms with Gasteiger partial charge in [-0.15, -0.1) is 11.3 Å². The second-order valence-electron chi connectivity index (χ2n) is 5.86. The lowest BCUT2D eigenvalue weighted by atomic mass is 10.2. The molecule has 136 valence electrons. The molecule has 5 nitrogen and oxygen atoms in total. The van der Waals surface area contributed by atoms with Crippen LogP contribution in [-0.2, 0) is 27.5 Å². The predicted octanol–water partition coefficient (Wildman–Crippen LogP) is 4.76. The van der Waals surface area contributed by atoms with Crippen LogP contribution in [0.25, 0.3) is 21.1 Å². The van der Waals surface area contributed by atoms with E-state index in [0.717, 1.165) is 26.1 Å². The summed E-state index contributed by atoms with van der Waals surface area (Å²) >= 11 is 7.72. The molecule has 0 bridgehead atoms. The number of nitrogens with zero attached hydrogens (tertiary/aromatic N) is 2. The predicted molar refractivity (Wildman–Crippen MR) is 106 cm³/mol. The van der Waals surface area contributed by atoms with Gasteiger partial charge in [-0.2, -0.15) is 0 Å². The summed E-state index contributed by atoms with van der Waals surface area (Å²) in [5.74, 6) is -0.458. The van der Waals surface area contributed by atoms with E-state index in [1.807, 2.05) is 54.6 Å². The van der Waals surface area contributed by atoms with Crippen molar-refractivity contribution < 1.29 is 14.3 Å². The maximum Gasteiger partial charge on any atom is 0.332 e. The van der Waals surface area contributed by atoms with Crippen molar-refractivity contribution in [2.24, 2.45) is 0 Å². The number of aromatic nitrogens is 2. The molecule has 2 aromatic carbocycles. The highest BCUT2D eigenvalue weighted by molar-refractivity contribution is 7.18. The van der Waals surface area contributed by atoms with E-state index < -0.39 is 5.97 Å². The highest BCUT2D eigenvalue weighted by Gasteiger charge is 2.10. The van der Waals surface area contributed by atoms with Crippen LogP contribution in [-0.4, -0.2) is 22.5 Å². The van der Waals surface area contributed by atoms with Crippen LogP contribution in [0.2, 0.25) is 5.15 Å². The minimum absolute atomic E-state index is 0.0556. The fourth-order valence-corrected chi connectivity index (χ4v) is 3.75. The van der Waals surface area contributed by atoms with Gasteiger partial charge in [0.05, 0.1) is 22.3 Å². The number of rotatable bonds is 6. The number of esters is 1. The molecule has 0 amide bonds. The zero-order chi connectivity index (χ0) is 18.6. The highest BCUT2D eigenvalue weighted by atomic mass is 35.5. The molecule has 0 spiro atoms. The Labute approximate surface area is 164 Å². The molecule has 4 aromatic rings. The van der Waals surface area contributed by atoms with E-state index in [2.05, 4.69) is 9.97 Å². The maximum absolute atomic E-state index is 11.9. The SMILES string of the molecule is O=C(COCc1nc2ccccc2s1)OCc1cc2ccccc2nc1Cl. The molecule has 0 aliphatic heterocycles. The molecule has 0 atom stereocenters. The zero-order valence-electron chi connectivity index (χ0n) is 14.2. The molecule has 0 saturated heterocycles. The number of halogens is 1. The van der Waals surface area contributed by atoms with Gasteiger partial charge in [0, 0.05) is 10.9 Å². The van der Waals surface area contributed by atoms with E-state index in [1.165, 1.54) is 0 Å². The molecule has 0 fully saturated rings. The largest absolute Gasteiger partial charge is 0.459 e. The molecule has 7 heteroatoms. The van der Waals surface area contributed by atoms with Crippen molar-refractivity contribution in [1.82, 2.24) is 9.97 Å². The third kappa shape index (κ3) is 4.24. The van der Waals surface area contributed by atoms with Crippen molar-refractivity contribution in [1.29, 1.82) is 0 Å². The molecule has 0 N–H and O–H groups in total. The molecule has 2 heterocycles. The summed E-state index contributed by atoms with van der Waals surface area (Å²) in [6.07, 6.45) is 0. The van der Waals surface area contributed by atoms with Crippen molar-refractivity contribution in [3.63, 3.8) is 0 Å². The Kier molecular flexibility index (Phi) is 5.29. The normalized spacial score (nSPS) is 11.1. The number of thiazole rings is 1. The first-order chi connectivity index (χ1) is 13.2. The molecule has 4 rings (SSSR count). The topological polar surface area (TPSA) is 61.3 Å². The van der Waals surface area contributed by atoms with Crippen LogP contribution < -0.4 is 0 Å². The average Bonchev–Trinajstić information content (AvgIpc) is 3.09. The first-order valence-electron chi connectivity index (χ1n) is 8.31. The Hall–Kier alpha value is -2.54. The number of hydrogen-bond donors (Lipinski definition) is 0. The van der Waals surface area contributed by atoms with Crippen LogP contribution in [0.3, 0.4) is 0 Å². The van der Waals surface area contributed by atoms with Gasteiger partial charge in [0.15, 0.2) is 0 Å². The van der Waals surface area contributed by atoms with Crippen LogP contribution in [0.5, 0.6) is 0 Å². The standard InChI is InChI=1S/C20H15ClN2O3S/c21-20-14(9-13-5-1-2-6-15(13)23-20)10-26-19(24)12-25-11-18-22-16-7-3-4-8-17(16)27-18/h1-9H,10-12H2. The molecular formula is C20H15ClN2O3S. The highest BCUT2D eigenvalue weighted by Crippen LogP contribution is 2.22. The van der Waals surface area contributed by atoms with Gasteiger partial charge in [-0.1, -0.05) is 41.9 Å². The van der Waals surface area contributed by atoms with Gasteiger partial charge in [0.2, 0.25) is 0 Å². The van der Waals surface area contributed by atoms with E-state index in [4.69, 9.17) is 21.1 Å². The van der Waals surface area contributed by atoms with E-state index in [9.17, 15) is 4.79 Å². The number of ether oxygens (including phenoxy) is 2. The summed E-state index contributed by atoms with van der Waals surface area (Å²) in [6.45, 7) is 0.182. The van der Waals surface area contributed by atoms with Gasteiger partial charge in [0.1, 0.15) is 23.4 Å². The van der Waals surface area contributed by atoms with Crippen LogP contribution in [0, 0.1) is 0 Å². The zero-order valence-corrected chi connectivity index (χ0v) is 15.8. The lowest BCUT2D eigenvalue weighted by Crippen LogP contribution is -2.12. The van der Waals surface area contributed by atoms with Crippen molar-refractivity contribution in [2.45, 2.75) is 13.2 Å². The molecule has 0 saturated carbocycles. The third-order valence-corrected chi connectivity index (χ3v) is 5.26. The third-order valence-electron chi connectivity index (χ3n) is 3.92. The average molecular weight is 399 g/mol. The van der Waals surface area contributed by atoms with Crippen LogP contribution in [0.4, 0.5) is 0 Å². The van der Waals surface area contributed by atoms with Gasteiger partial charge in [-0.05, 0) is 24.3 Å². The van der Waals surface area contributed by atoms with E-state index in [-0.39, 0.29) is 19.8 Å². The second kappa shape index (κ2) is 8.00. The van der Waals surface area contributed by atoms with E-state index in [1.54, 1.807) is 11.3 Å². The van der Waals surface area contributed by atoms with Crippen molar-refractivity contribution in [3.8, 4) is 0 Å². The summed E-state index contributed by atoms with van der Waals surface area (Å²) in [5, 5.41) is 2.10. The molecule has 0 aliphatic rings. The Morgan fingerprint density at radius 1 is 1.00 bits per heavy atom. The van der Waals surface area contributed by atoms with Crippen molar-refractivity contribution in [3.05, 3.63) is 70.3 Å². The second-order valence-corrected chi connectivity index (χ2v) is 7.33. The quantitative estimate of drug-likeness (QED) is 0.346. The molecule has 0 aliphatic carbocycles. The number of para-hydroxylation sites is 2. The number of carbonyl (C=O) groups is 1. The summed E-state index contributed by atoms with van der Waals surface area (Å²) in [6, 6.07) is 17.4. The molecular weight excluding hydrogens is 384 g/mol. The van der Waals surface area contributed by atoms with Gasteiger partial charge in [-0.3, -0.25) is 0 Å². The molecule has 0 unspecified atom stereocenters. The molecule has 2 aromatic heterocycles. The smallest absolute Gasteiger partial charge is 0.332 e. The van der Waals surface area contributed by atoms with Gasteiger partial charge >= 0.3 is 5.97 Å². The molecule has 27 heavy (non-hydrogen) atoms. The fraction of sp³-hybridized carbons (Fsp3) is 0.150. The Balaban J connectivity index is 1.30. The summed E-state index contributed by atoms with van der Waals surface area (Å²) in [4.78, 5) is 20.7. The van der Waals surface area contributed by atoms with Crippen LogP contribution >= 0.6 is 22.9 Å². The van der Waals surface area contributed by atoms with Crippen LogP contribution in [0.1, 0.15) is 10.6 Å². The Bertz CT molecular complexity index is 1080. The van der Waals surface area contributed by atoms with Gasteiger partial charge < -0.3 is 9.47 Å². The summed E-state index contributed by atoms with van der Waals surface area (Å²) < 4.78 is 11.8. The van der Waals surface area contributed by atoms with Gasteiger partial charge in [0.25, 0.3) is 0 Å². The van der Waals surface area contributed by atoms with Crippen molar-refractivity contribution in [2.75, 3.05) is 6.61 Å². The first-order valence-corrected chi connectivity index (χ1v) is 9.50. The molecule has 0 radical (unpaired) electrons. The number of carbonyl (C=O) groups excluding carboxylic acids is 1. The minimum Gasteiger partial charge on any atom is -0.459 e. The summed E-state index contributed by atoms with van der Waals surface area (Å²) in [5.41, 5.74) is 2.40. The number of benzene rings is 2.